The first-order valence-electron chi connectivity index (χ1n) is 7.55. The third-order valence-electron chi connectivity index (χ3n) is 3.63. The van der Waals surface area contributed by atoms with E-state index < -0.39 is 6.10 Å². The molecule has 0 saturated heterocycles. The maximum atomic E-state index is 12.5. The molecule has 1 N–H and O–H groups in total. The molecular formula is C18H17BrN2O3. The standard InChI is InChI=1S/C18H17BrN2O3/c1-12-3-2-4-15(7-12)24-10-14(22)9-21-11-20-17-6-5-13(19)8-16(17)18(21)23/h2-8,11,14,22H,9-10H2,1H3/t14-/m0/s1. The van der Waals surface area contributed by atoms with E-state index in [9.17, 15) is 9.90 Å². The van der Waals surface area contributed by atoms with Crippen molar-refractivity contribution in [2.24, 2.45) is 0 Å². The molecule has 3 aromatic rings. The maximum absolute atomic E-state index is 12.5. The van der Waals surface area contributed by atoms with Crippen molar-refractivity contribution >= 4 is 26.8 Å². The number of fused-ring (bicyclic) bond motifs is 1. The second-order valence-corrected chi connectivity index (χ2v) is 6.56. The number of benzene rings is 2. The number of halogens is 1. The van der Waals surface area contributed by atoms with Crippen molar-refractivity contribution in [3.05, 3.63) is 69.2 Å². The smallest absolute Gasteiger partial charge is 0.261 e. The van der Waals surface area contributed by atoms with E-state index in [0.29, 0.717) is 16.7 Å². The summed E-state index contributed by atoms with van der Waals surface area (Å²) in [5.41, 5.74) is 1.53. The fourth-order valence-corrected chi connectivity index (χ4v) is 2.80. The van der Waals surface area contributed by atoms with Crippen LogP contribution >= 0.6 is 15.9 Å². The van der Waals surface area contributed by atoms with Gasteiger partial charge in [-0.05, 0) is 42.8 Å². The summed E-state index contributed by atoms with van der Waals surface area (Å²) in [5.74, 6) is 0.696. The molecule has 6 heteroatoms. The van der Waals surface area contributed by atoms with Gasteiger partial charge in [0.15, 0.2) is 0 Å². The Bertz CT molecular complexity index is 924. The first kappa shape index (κ1) is 16.7. The van der Waals surface area contributed by atoms with E-state index in [0.717, 1.165) is 10.0 Å². The van der Waals surface area contributed by atoms with E-state index >= 15 is 0 Å². The molecule has 1 aromatic heterocycles. The number of hydrogen-bond donors (Lipinski definition) is 1. The molecule has 0 fully saturated rings. The number of aliphatic hydroxyl groups excluding tert-OH is 1. The summed E-state index contributed by atoms with van der Waals surface area (Å²) in [6.07, 6.45) is 0.642. The molecule has 0 amide bonds. The minimum atomic E-state index is -0.811. The number of ether oxygens (including phenoxy) is 1. The quantitative estimate of drug-likeness (QED) is 0.729. The molecule has 0 aliphatic heterocycles. The van der Waals surface area contributed by atoms with E-state index in [1.807, 2.05) is 37.3 Å². The van der Waals surface area contributed by atoms with Crippen LogP contribution in [0, 0.1) is 6.92 Å². The van der Waals surface area contributed by atoms with Gasteiger partial charge in [-0.3, -0.25) is 9.36 Å². The van der Waals surface area contributed by atoms with Crippen molar-refractivity contribution in [3.63, 3.8) is 0 Å². The Balaban J connectivity index is 1.72. The third kappa shape index (κ3) is 3.83. The summed E-state index contributed by atoms with van der Waals surface area (Å²) in [6.45, 7) is 2.20. The lowest BCUT2D eigenvalue weighted by Gasteiger charge is -2.14. The summed E-state index contributed by atoms with van der Waals surface area (Å²) < 4.78 is 7.79. The summed E-state index contributed by atoms with van der Waals surface area (Å²) in [7, 11) is 0. The van der Waals surface area contributed by atoms with Crippen LogP contribution in [0.2, 0.25) is 0 Å². The number of hydrogen-bond acceptors (Lipinski definition) is 4. The lowest BCUT2D eigenvalue weighted by atomic mass is 10.2. The van der Waals surface area contributed by atoms with Crippen molar-refractivity contribution in [2.45, 2.75) is 19.6 Å². The van der Waals surface area contributed by atoms with Crippen LogP contribution in [0.3, 0.4) is 0 Å². The highest BCUT2D eigenvalue weighted by Gasteiger charge is 2.10. The largest absolute Gasteiger partial charge is 0.491 e. The molecule has 0 unspecified atom stereocenters. The zero-order chi connectivity index (χ0) is 17.1. The highest BCUT2D eigenvalue weighted by atomic mass is 79.9. The van der Waals surface area contributed by atoms with Crippen LogP contribution in [0.25, 0.3) is 10.9 Å². The molecule has 0 saturated carbocycles. The Labute approximate surface area is 147 Å². The topological polar surface area (TPSA) is 64.3 Å². The van der Waals surface area contributed by atoms with E-state index in [2.05, 4.69) is 20.9 Å². The van der Waals surface area contributed by atoms with Gasteiger partial charge in [-0.2, -0.15) is 0 Å². The van der Waals surface area contributed by atoms with Gasteiger partial charge in [0, 0.05) is 4.47 Å². The number of rotatable bonds is 5. The summed E-state index contributed by atoms with van der Waals surface area (Å²) in [6, 6.07) is 13.0. The Morgan fingerprint density at radius 1 is 1.29 bits per heavy atom. The molecule has 0 bridgehead atoms. The molecule has 3 rings (SSSR count). The fourth-order valence-electron chi connectivity index (χ4n) is 2.44. The summed E-state index contributed by atoms with van der Waals surface area (Å²) in [5, 5.41) is 10.7. The number of nitrogens with zero attached hydrogens (tertiary/aromatic N) is 2. The normalized spacial score (nSPS) is 12.3. The predicted octanol–water partition coefficient (Wildman–Crippen LogP) is 2.91. The zero-order valence-corrected chi connectivity index (χ0v) is 14.7. The highest BCUT2D eigenvalue weighted by Crippen LogP contribution is 2.15. The number of aromatic nitrogens is 2. The molecule has 0 aliphatic carbocycles. The summed E-state index contributed by atoms with van der Waals surface area (Å²) >= 11 is 3.35. The van der Waals surface area contributed by atoms with Gasteiger partial charge in [0.05, 0.1) is 23.8 Å². The van der Waals surface area contributed by atoms with Gasteiger partial charge in [-0.25, -0.2) is 4.98 Å². The van der Waals surface area contributed by atoms with E-state index in [1.54, 1.807) is 12.1 Å². The first-order chi connectivity index (χ1) is 11.5. The molecule has 1 heterocycles. The van der Waals surface area contributed by atoms with Crippen molar-refractivity contribution < 1.29 is 9.84 Å². The van der Waals surface area contributed by atoms with Gasteiger partial charge in [-0.15, -0.1) is 0 Å². The Morgan fingerprint density at radius 3 is 2.92 bits per heavy atom. The average molecular weight is 389 g/mol. The molecule has 124 valence electrons. The second kappa shape index (κ2) is 7.15. The maximum Gasteiger partial charge on any atom is 0.261 e. The predicted molar refractivity (Wildman–Crippen MR) is 96.4 cm³/mol. The molecule has 0 radical (unpaired) electrons. The van der Waals surface area contributed by atoms with Crippen LogP contribution in [0.4, 0.5) is 0 Å². The van der Waals surface area contributed by atoms with Crippen LogP contribution in [0.5, 0.6) is 5.75 Å². The molecule has 2 aromatic carbocycles. The van der Waals surface area contributed by atoms with E-state index in [-0.39, 0.29) is 18.7 Å². The highest BCUT2D eigenvalue weighted by molar-refractivity contribution is 9.10. The fraction of sp³-hybridized carbons (Fsp3) is 0.222. The van der Waals surface area contributed by atoms with Crippen LogP contribution in [-0.4, -0.2) is 27.4 Å². The Hall–Kier alpha value is -2.18. The van der Waals surface area contributed by atoms with Crippen LogP contribution in [0.1, 0.15) is 5.56 Å². The molecule has 0 aliphatic rings. The van der Waals surface area contributed by atoms with Gasteiger partial charge >= 0.3 is 0 Å². The lowest BCUT2D eigenvalue weighted by Crippen LogP contribution is -2.30. The number of aliphatic hydroxyl groups is 1. The minimum absolute atomic E-state index is 0.104. The molecular weight excluding hydrogens is 372 g/mol. The van der Waals surface area contributed by atoms with E-state index in [1.165, 1.54) is 10.9 Å². The van der Waals surface area contributed by atoms with Crippen LogP contribution in [0.15, 0.2) is 58.1 Å². The Morgan fingerprint density at radius 2 is 2.12 bits per heavy atom. The molecule has 5 nitrogen and oxygen atoms in total. The van der Waals surface area contributed by atoms with Gasteiger partial charge in [0.2, 0.25) is 0 Å². The van der Waals surface area contributed by atoms with Gasteiger partial charge in [0.1, 0.15) is 18.5 Å². The lowest BCUT2D eigenvalue weighted by molar-refractivity contribution is 0.0914. The second-order valence-electron chi connectivity index (χ2n) is 5.64. The van der Waals surface area contributed by atoms with Gasteiger partial charge in [-0.1, -0.05) is 28.1 Å². The van der Waals surface area contributed by atoms with Gasteiger partial charge in [0.25, 0.3) is 5.56 Å². The monoisotopic (exact) mass is 388 g/mol. The molecule has 1 atom stereocenters. The SMILES string of the molecule is Cc1cccc(OC[C@@H](O)Cn2cnc3ccc(Br)cc3c2=O)c1. The Kier molecular flexibility index (Phi) is 4.97. The van der Waals surface area contributed by atoms with Gasteiger partial charge < -0.3 is 9.84 Å². The first-order valence-corrected chi connectivity index (χ1v) is 8.34. The average Bonchev–Trinajstić information content (AvgIpc) is 2.56. The van der Waals surface area contributed by atoms with Crippen molar-refractivity contribution in [2.75, 3.05) is 6.61 Å². The zero-order valence-electron chi connectivity index (χ0n) is 13.1. The minimum Gasteiger partial charge on any atom is -0.491 e. The third-order valence-corrected chi connectivity index (χ3v) is 4.12. The van der Waals surface area contributed by atoms with Crippen LogP contribution in [-0.2, 0) is 6.54 Å². The molecule has 24 heavy (non-hydrogen) atoms. The van der Waals surface area contributed by atoms with Crippen LogP contribution < -0.4 is 10.3 Å². The number of aryl methyl sites for hydroxylation is 1. The summed E-state index contributed by atoms with van der Waals surface area (Å²) in [4.78, 5) is 16.7. The van der Waals surface area contributed by atoms with Crippen molar-refractivity contribution in [1.29, 1.82) is 0 Å². The van der Waals surface area contributed by atoms with Crippen molar-refractivity contribution in [1.82, 2.24) is 9.55 Å². The van der Waals surface area contributed by atoms with Crippen molar-refractivity contribution in [3.8, 4) is 5.75 Å². The van der Waals surface area contributed by atoms with E-state index in [4.69, 9.17) is 4.74 Å². The molecule has 0 spiro atoms.